The van der Waals surface area contributed by atoms with E-state index in [4.69, 9.17) is 0 Å². The van der Waals surface area contributed by atoms with Crippen LogP contribution >= 0.6 is 0 Å². The number of amides is 1. The average molecular weight is 194 g/mol. The van der Waals surface area contributed by atoms with Crippen LogP contribution < -0.4 is 10.6 Å². The van der Waals surface area contributed by atoms with Crippen molar-refractivity contribution in [3.63, 3.8) is 0 Å². The molecule has 0 spiro atoms. The van der Waals surface area contributed by atoms with E-state index in [1.54, 1.807) is 6.20 Å². The summed E-state index contributed by atoms with van der Waals surface area (Å²) in [5.74, 6) is 0.489. The van der Waals surface area contributed by atoms with Crippen molar-refractivity contribution in [3.8, 4) is 0 Å². The summed E-state index contributed by atoms with van der Waals surface area (Å²) in [6.45, 7) is 5.21. The van der Waals surface area contributed by atoms with Crippen LogP contribution in [0, 0.1) is 0 Å². The van der Waals surface area contributed by atoms with Gasteiger partial charge in [-0.3, -0.25) is 4.79 Å². The molecule has 0 unspecified atom stereocenters. The molecule has 1 amide bonds. The second kappa shape index (κ2) is 5.16. The maximum atomic E-state index is 11.3. The van der Waals surface area contributed by atoms with Crippen molar-refractivity contribution in [2.45, 2.75) is 13.8 Å². The zero-order valence-corrected chi connectivity index (χ0v) is 8.37. The van der Waals surface area contributed by atoms with Crippen molar-refractivity contribution in [1.29, 1.82) is 0 Å². The highest BCUT2D eigenvalue weighted by Crippen LogP contribution is 1.99. The molecule has 0 saturated carbocycles. The Morgan fingerprint density at radius 2 is 2.07 bits per heavy atom. The van der Waals surface area contributed by atoms with Crippen molar-refractivity contribution >= 4 is 11.7 Å². The van der Waals surface area contributed by atoms with E-state index in [0.29, 0.717) is 18.1 Å². The summed E-state index contributed by atoms with van der Waals surface area (Å²) in [5.41, 5.74) is 0.341. The predicted molar refractivity (Wildman–Crippen MR) is 54.2 cm³/mol. The largest absolute Gasteiger partial charge is 0.369 e. The summed E-state index contributed by atoms with van der Waals surface area (Å²) in [6.07, 6.45) is 3.01. The Balaban J connectivity index is 2.67. The van der Waals surface area contributed by atoms with Crippen molar-refractivity contribution in [1.82, 2.24) is 15.3 Å². The molecule has 5 heteroatoms. The van der Waals surface area contributed by atoms with Gasteiger partial charge in [-0.05, 0) is 13.8 Å². The number of carbonyl (C=O) groups excluding carboxylic acids is 1. The third-order valence-corrected chi connectivity index (χ3v) is 1.58. The minimum Gasteiger partial charge on any atom is -0.369 e. The van der Waals surface area contributed by atoms with Gasteiger partial charge in [0.2, 0.25) is 0 Å². The number of nitrogens with zero attached hydrogens (tertiary/aromatic N) is 2. The van der Waals surface area contributed by atoms with E-state index in [1.165, 1.54) is 6.20 Å². The number of anilines is 1. The van der Waals surface area contributed by atoms with Gasteiger partial charge in [0.1, 0.15) is 11.5 Å². The van der Waals surface area contributed by atoms with E-state index in [-0.39, 0.29) is 5.91 Å². The van der Waals surface area contributed by atoms with Gasteiger partial charge in [-0.25, -0.2) is 9.97 Å². The van der Waals surface area contributed by atoms with Gasteiger partial charge in [0.15, 0.2) is 0 Å². The highest BCUT2D eigenvalue weighted by atomic mass is 16.1. The average Bonchev–Trinajstić information content (AvgIpc) is 2.20. The Bertz CT molecular complexity index is 296. The standard InChI is InChI=1S/C9H14N4O/c1-3-10-8-6-12-7(5-13-8)9(14)11-4-2/h5-6H,3-4H2,1-2H3,(H,10,13)(H,11,14). The van der Waals surface area contributed by atoms with Gasteiger partial charge in [0, 0.05) is 13.1 Å². The van der Waals surface area contributed by atoms with E-state index in [9.17, 15) is 4.79 Å². The van der Waals surface area contributed by atoms with Gasteiger partial charge in [0.25, 0.3) is 5.91 Å². The molecule has 0 aliphatic carbocycles. The van der Waals surface area contributed by atoms with E-state index < -0.39 is 0 Å². The molecule has 0 atom stereocenters. The lowest BCUT2D eigenvalue weighted by Gasteiger charge is -2.03. The summed E-state index contributed by atoms with van der Waals surface area (Å²) in [4.78, 5) is 19.3. The summed E-state index contributed by atoms with van der Waals surface area (Å²) in [7, 11) is 0. The molecule has 5 nitrogen and oxygen atoms in total. The van der Waals surface area contributed by atoms with E-state index in [0.717, 1.165) is 6.54 Å². The number of carbonyl (C=O) groups is 1. The molecular weight excluding hydrogens is 180 g/mol. The van der Waals surface area contributed by atoms with E-state index >= 15 is 0 Å². The predicted octanol–water partition coefficient (Wildman–Crippen LogP) is 0.658. The Morgan fingerprint density at radius 1 is 1.29 bits per heavy atom. The van der Waals surface area contributed by atoms with Gasteiger partial charge >= 0.3 is 0 Å². The molecule has 0 aliphatic heterocycles. The van der Waals surface area contributed by atoms with Crippen molar-refractivity contribution in [2.75, 3.05) is 18.4 Å². The fourth-order valence-electron chi connectivity index (χ4n) is 0.969. The van der Waals surface area contributed by atoms with Crippen LogP contribution in [-0.4, -0.2) is 29.0 Å². The van der Waals surface area contributed by atoms with Gasteiger partial charge in [-0.1, -0.05) is 0 Å². The summed E-state index contributed by atoms with van der Waals surface area (Å²) in [6, 6.07) is 0. The molecule has 0 aliphatic rings. The fourth-order valence-corrected chi connectivity index (χ4v) is 0.969. The first-order chi connectivity index (χ1) is 6.77. The van der Waals surface area contributed by atoms with E-state index in [2.05, 4.69) is 20.6 Å². The Morgan fingerprint density at radius 3 is 2.57 bits per heavy atom. The summed E-state index contributed by atoms with van der Waals surface area (Å²) < 4.78 is 0. The minimum atomic E-state index is -0.192. The third-order valence-electron chi connectivity index (χ3n) is 1.58. The number of nitrogens with one attached hydrogen (secondary N) is 2. The first kappa shape index (κ1) is 10.4. The van der Waals surface area contributed by atoms with Crippen LogP contribution in [-0.2, 0) is 0 Å². The highest BCUT2D eigenvalue weighted by Gasteiger charge is 2.05. The molecule has 1 rings (SSSR count). The van der Waals surface area contributed by atoms with Crippen LogP contribution in [0.3, 0.4) is 0 Å². The molecule has 14 heavy (non-hydrogen) atoms. The normalized spacial score (nSPS) is 9.57. The van der Waals surface area contributed by atoms with E-state index in [1.807, 2.05) is 13.8 Å². The van der Waals surface area contributed by atoms with Gasteiger partial charge in [-0.15, -0.1) is 0 Å². The SMILES string of the molecule is CCNC(=O)c1cnc(NCC)cn1. The Hall–Kier alpha value is -1.65. The molecular formula is C9H14N4O. The number of rotatable bonds is 4. The third kappa shape index (κ3) is 2.69. The van der Waals surface area contributed by atoms with Crippen molar-refractivity contribution in [2.24, 2.45) is 0 Å². The number of aromatic nitrogens is 2. The topological polar surface area (TPSA) is 66.9 Å². The van der Waals surface area contributed by atoms with Gasteiger partial charge < -0.3 is 10.6 Å². The molecule has 0 bridgehead atoms. The van der Waals surface area contributed by atoms with Crippen molar-refractivity contribution in [3.05, 3.63) is 18.1 Å². The van der Waals surface area contributed by atoms with Gasteiger partial charge in [0.05, 0.1) is 12.4 Å². The van der Waals surface area contributed by atoms with Crippen LogP contribution in [0.2, 0.25) is 0 Å². The summed E-state index contributed by atoms with van der Waals surface area (Å²) >= 11 is 0. The van der Waals surface area contributed by atoms with Crippen LogP contribution in [0.15, 0.2) is 12.4 Å². The maximum Gasteiger partial charge on any atom is 0.271 e. The highest BCUT2D eigenvalue weighted by molar-refractivity contribution is 5.91. The fraction of sp³-hybridized carbons (Fsp3) is 0.444. The molecule has 76 valence electrons. The van der Waals surface area contributed by atoms with Gasteiger partial charge in [-0.2, -0.15) is 0 Å². The molecule has 1 heterocycles. The second-order valence-electron chi connectivity index (χ2n) is 2.68. The monoisotopic (exact) mass is 194 g/mol. The molecule has 0 fully saturated rings. The lowest BCUT2D eigenvalue weighted by atomic mass is 10.4. The lowest BCUT2D eigenvalue weighted by Crippen LogP contribution is -2.23. The number of hydrogen-bond donors (Lipinski definition) is 2. The summed E-state index contributed by atoms with van der Waals surface area (Å²) in [5, 5.41) is 5.65. The number of hydrogen-bond acceptors (Lipinski definition) is 4. The van der Waals surface area contributed by atoms with Crippen molar-refractivity contribution < 1.29 is 4.79 Å². The molecule has 0 radical (unpaired) electrons. The van der Waals surface area contributed by atoms with Crippen LogP contribution in [0.5, 0.6) is 0 Å². The van der Waals surface area contributed by atoms with Crippen LogP contribution in [0.25, 0.3) is 0 Å². The molecule has 1 aromatic heterocycles. The smallest absolute Gasteiger partial charge is 0.271 e. The van der Waals surface area contributed by atoms with Crippen LogP contribution in [0.1, 0.15) is 24.3 Å². The lowest BCUT2D eigenvalue weighted by molar-refractivity contribution is 0.0950. The second-order valence-corrected chi connectivity index (χ2v) is 2.68. The zero-order chi connectivity index (χ0) is 10.4. The quantitative estimate of drug-likeness (QED) is 0.738. The Labute approximate surface area is 83.0 Å². The molecule has 2 N–H and O–H groups in total. The molecule has 0 aromatic carbocycles. The molecule has 1 aromatic rings. The minimum absolute atomic E-state index is 0.192. The zero-order valence-electron chi connectivity index (χ0n) is 8.37. The maximum absolute atomic E-state index is 11.3. The Kier molecular flexibility index (Phi) is 3.84. The molecule has 0 saturated heterocycles. The van der Waals surface area contributed by atoms with Crippen LogP contribution in [0.4, 0.5) is 5.82 Å². The first-order valence-corrected chi connectivity index (χ1v) is 4.62. The first-order valence-electron chi connectivity index (χ1n) is 4.62.